The highest BCUT2D eigenvalue weighted by atomic mass is 32.1. The summed E-state index contributed by atoms with van der Waals surface area (Å²) in [7, 11) is 0. The van der Waals surface area contributed by atoms with Gasteiger partial charge in [0.25, 0.3) is 6.43 Å². The molecule has 0 unspecified atom stereocenters. The van der Waals surface area contributed by atoms with E-state index in [0.29, 0.717) is 12.1 Å². The summed E-state index contributed by atoms with van der Waals surface area (Å²) >= 11 is 4.73. The van der Waals surface area contributed by atoms with Crippen molar-refractivity contribution in [3.05, 3.63) is 46.0 Å². The zero-order chi connectivity index (χ0) is 13.4. The molecule has 18 heavy (non-hydrogen) atoms. The van der Waals surface area contributed by atoms with Gasteiger partial charge in [0.2, 0.25) is 0 Å². The first kappa shape index (κ1) is 12.7. The Labute approximate surface area is 103 Å². The number of halogens is 5. The van der Waals surface area contributed by atoms with Crippen LogP contribution in [-0.4, -0.2) is 9.78 Å². The fourth-order valence-corrected chi connectivity index (χ4v) is 1.66. The molecule has 2 rings (SSSR count). The van der Waals surface area contributed by atoms with Crippen LogP contribution in [0, 0.1) is 22.1 Å². The molecule has 0 fully saturated rings. The molecule has 0 atom stereocenters. The van der Waals surface area contributed by atoms with Crippen molar-refractivity contribution >= 4 is 12.2 Å². The second kappa shape index (κ2) is 4.52. The van der Waals surface area contributed by atoms with Crippen LogP contribution in [0.5, 0.6) is 0 Å². The molecular formula is C10H5F5N2S. The van der Waals surface area contributed by atoms with Crippen LogP contribution in [0.1, 0.15) is 12.1 Å². The van der Waals surface area contributed by atoms with E-state index in [1.807, 2.05) is 0 Å². The first-order chi connectivity index (χ1) is 8.40. The lowest BCUT2D eigenvalue weighted by atomic mass is 10.3. The monoisotopic (exact) mass is 280 g/mol. The summed E-state index contributed by atoms with van der Waals surface area (Å²) in [4.78, 5) is 0. The summed E-state index contributed by atoms with van der Waals surface area (Å²) in [5.74, 6) is -3.79. The minimum Gasteiger partial charge on any atom is -0.291 e. The van der Waals surface area contributed by atoms with E-state index in [1.54, 1.807) is 0 Å². The maximum absolute atomic E-state index is 13.4. The molecule has 1 N–H and O–H groups in total. The minimum atomic E-state index is -2.83. The van der Waals surface area contributed by atoms with Gasteiger partial charge >= 0.3 is 0 Å². The lowest BCUT2D eigenvalue weighted by Gasteiger charge is -2.05. The summed E-state index contributed by atoms with van der Waals surface area (Å²) in [5.41, 5.74) is -1.00. The predicted octanol–water partition coefficient (Wildman–Crippen LogP) is 3.89. The van der Waals surface area contributed by atoms with Gasteiger partial charge in [-0.15, -0.1) is 0 Å². The number of nitrogens with zero attached hydrogens (tertiary/aromatic N) is 1. The van der Waals surface area contributed by atoms with Crippen molar-refractivity contribution in [2.45, 2.75) is 6.43 Å². The van der Waals surface area contributed by atoms with E-state index in [2.05, 4.69) is 5.10 Å². The van der Waals surface area contributed by atoms with Crippen molar-refractivity contribution < 1.29 is 22.0 Å². The van der Waals surface area contributed by atoms with Crippen molar-refractivity contribution in [2.24, 2.45) is 0 Å². The van der Waals surface area contributed by atoms with Crippen LogP contribution in [0.15, 0.2) is 18.2 Å². The van der Waals surface area contributed by atoms with Crippen molar-refractivity contribution in [1.29, 1.82) is 0 Å². The van der Waals surface area contributed by atoms with Gasteiger partial charge in [0.05, 0.1) is 0 Å². The third-order valence-electron chi connectivity index (χ3n) is 2.21. The first-order valence-electron chi connectivity index (χ1n) is 4.65. The summed E-state index contributed by atoms with van der Waals surface area (Å²) in [6, 6.07) is 1.77. The maximum atomic E-state index is 13.4. The number of H-pyrrole nitrogens is 1. The molecule has 0 aliphatic rings. The Kier molecular flexibility index (Phi) is 3.20. The van der Waals surface area contributed by atoms with Crippen LogP contribution in [-0.2, 0) is 0 Å². The first-order valence-corrected chi connectivity index (χ1v) is 5.06. The lowest BCUT2D eigenvalue weighted by Crippen LogP contribution is -2.03. The quantitative estimate of drug-likeness (QED) is 0.503. The smallest absolute Gasteiger partial charge is 0.279 e. The molecule has 0 radical (unpaired) electrons. The Balaban J connectivity index is 2.62. The zero-order valence-corrected chi connectivity index (χ0v) is 9.37. The summed E-state index contributed by atoms with van der Waals surface area (Å²) in [6.45, 7) is 0. The Morgan fingerprint density at radius 2 is 1.61 bits per heavy atom. The molecule has 96 valence electrons. The minimum absolute atomic E-state index is 0.171. The van der Waals surface area contributed by atoms with Gasteiger partial charge in [-0.3, -0.25) is 5.10 Å². The van der Waals surface area contributed by atoms with E-state index in [4.69, 9.17) is 12.2 Å². The molecule has 1 heterocycles. The lowest BCUT2D eigenvalue weighted by molar-refractivity contribution is 0.145. The van der Waals surface area contributed by atoms with Gasteiger partial charge in [-0.1, -0.05) is 12.2 Å². The average Bonchev–Trinajstić information content (AvgIpc) is 2.66. The number of hydrogen-bond acceptors (Lipinski definition) is 1. The molecule has 0 spiro atoms. The van der Waals surface area contributed by atoms with E-state index in [-0.39, 0.29) is 4.64 Å². The highest BCUT2D eigenvalue weighted by Gasteiger charge is 2.16. The highest BCUT2D eigenvalue weighted by molar-refractivity contribution is 7.71. The second-order valence-corrected chi connectivity index (χ2v) is 3.82. The van der Waals surface area contributed by atoms with Crippen LogP contribution in [0.2, 0.25) is 0 Å². The SMILES string of the molecule is Fc1cc(F)c(-n2[nH]c(C(F)F)cc2=S)cc1F. The van der Waals surface area contributed by atoms with Gasteiger partial charge in [-0.25, -0.2) is 26.6 Å². The van der Waals surface area contributed by atoms with Gasteiger partial charge in [-0.05, 0) is 0 Å². The Morgan fingerprint density at radius 1 is 1.00 bits per heavy atom. The molecule has 2 aromatic rings. The fraction of sp³-hybridized carbons (Fsp3) is 0.100. The van der Waals surface area contributed by atoms with Crippen LogP contribution >= 0.6 is 12.2 Å². The molecular weight excluding hydrogens is 275 g/mol. The Hall–Kier alpha value is -1.70. The van der Waals surface area contributed by atoms with Crippen LogP contribution in [0.25, 0.3) is 5.69 Å². The Morgan fingerprint density at radius 3 is 2.17 bits per heavy atom. The van der Waals surface area contributed by atoms with Crippen LogP contribution < -0.4 is 0 Å². The third-order valence-corrected chi connectivity index (χ3v) is 2.51. The van der Waals surface area contributed by atoms with Crippen molar-refractivity contribution in [3.63, 3.8) is 0 Å². The molecule has 2 nitrogen and oxygen atoms in total. The number of aromatic nitrogens is 2. The normalized spacial score (nSPS) is 11.2. The molecule has 0 saturated carbocycles. The molecule has 1 aromatic carbocycles. The average molecular weight is 280 g/mol. The van der Waals surface area contributed by atoms with Gasteiger partial charge in [0, 0.05) is 18.2 Å². The number of hydrogen-bond donors (Lipinski definition) is 1. The van der Waals surface area contributed by atoms with Crippen LogP contribution in [0.3, 0.4) is 0 Å². The molecule has 0 aliphatic carbocycles. The van der Waals surface area contributed by atoms with Gasteiger partial charge in [-0.2, -0.15) is 0 Å². The highest BCUT2D eigenvalue weighted by Crippen LogP contribution is 2.21. The van der Waals surface area contributed by atoms with Gasteiger partial charge in [0.15, 0.2) is 17.5 Å². The van der Waals surface area contributed by atoms with E-state index in [0.717, 1.165) is 10.7 Å². The van der Waals surface area contributed by atoms with Crippen molar-refractivity contribution in [1.82, 2.24) is 9.78 Å². The maximum Gasteiger partial charge on any atom is 0.279 e. The van der Waals surface area contributed by atoms with E-state index < -0.39 is 35.3 Å². The topological polar surface area (TPSA) is 20.7 Å². The number of nitrogens with one attached hydrogen (secondary N) is 1. The van der Waals surface area contributed by atoms with Crippen molar-refractivity contribution in [2.75, 3.05) is 0 Å². The van der Waals surface area contributed by atoms with E-state index in [1.165, 1.54) is 0 Å². The number of rotatable bonds is 2. The second-order valence-electron chi connectivity index (χ2n) is 3.40. The zero-order valence-electron chi connectivity index (χ0n) is 8.55. The molecule has 8 heteroatoms. The van der Waals surface area contributed by atoms with Crippen molar-refractivity contribution in [3.8, 4) is 5.69 Å². The Bertz CT molecular complexity index is 646. The number of benzene rings is 1. The summed E-state index contributed by atoms with van der Waals surface area (Å²) in [5, 5.41) is 2.12. The fourth-order valence-electron chi connectivity index (χ4n) is 1.39. The molecule has 0 aliphatic heterocycles. The third kappa shape index (κ3) is 2.15. The van der Waals surface area contributed by atoms with E-state index >= 15 is 0 Å². The van der Waals surface area contributed by atoms with Gasteiger partial charge < -0.3 is 0 Å². The standard InChI is InChI=1S/C10H5F5N2S/c11-4-1-6(13)8(2-5(4)12)17-9(18)3-7(16-17)10(14)15/h1-3,10,16H. The predicted molar refractivity (Wildman–Crippen MR) is 55.8 cm³/mol. The van der Waals surface area contributed by atoms with Crippen LogP contribution in [0.4, 0.5) is 22.0 Å². The molecule has 0 bridgehead atoms. The molecule has 0 amide bonds. The van der Waals surface area contributed by atoms with Gasteiger partial charge in [0.1, 0.15) is 16.0 Å². The van der Waals surface area contributed by atoms with E-state index in [9.17, 15) is 22.0 Å². The number of alkyl halides is 2. The summed E-state index contributed by atoms with van der Waals surface area (Å²) < 4.78 is 64.5. The molecule has 0 saturated heterocycles. The number of aromatic amines is 1. The summed E-state index contributed by atoms with van der Waals surface area (Å²) in [6.07, 6.45) is -2.83. The largest absolute Gasteiger partial charge is 0.291 e. The molecule has 1 aromatic heterocycles.